The van der Waals surface area contributed by atoms with Crippen LogP contribution in [0.5, 0.6) is 0 Å². The highest BCUT2D eigenvalue weighted by molar-refractivity contribution is 7.83. The van der Waals surface area contributed by atoms with Crippen LogP contribution in [0.3, 0.4) is 0 Å². The lowest BCUT2D eigenvalue weighted by molar-refractivity contribution is 1.30. The van der Waals surface area contributed by atoms with Gasteiger partial charge >= 0.3 is 0 Å². The van der Waals surface area contributed by atoms with Gasteiger partial charge in [0.1, 0.15) is 0 Å². The normalized spacial score (nSPS) is 11.9. The molecule has 0 spiro atoms. The van der Waals surface area contributed by atoms with Crippen molar-refractivity contribution < 1.29 is 0 Å². The molecule has 0 aliphatic rings. The minimum absolute atomic E-state index is 0.908. The molecule has 6 aromatic carbocycles. The van der Waals surface area contributed by atoms with Crippen LogP contribution in [-0.4, -0.2) is 0 Å². The molecule has 0 N–H and O–H groups in total. The van der Waals surface area contributed by atoms with Crippen molar-refractivity contribution in [2.24, 2.45) is 0 Å². The summed E-state index contributed by atoms with van der Waals surface area (Å²) in [6, 6.07) is 30.7. The van der Waals surface area contributed by atoms with E-state index in [9.17, 15) is 0 Å². The van der Waals surface area contributed by atoms with E-state index in [1.165, 1.54) is 53.9 Å². The molecule has 0 aliphatic carbocycles. The van der Waals surface area contributed by atoms with Crippen LogP contribution in [-0.2, 0) is 0 Å². The summed E-state index contributed by atoms with van der Waals surface area (Å²) in [6.45, 7) is 0. The Labute approximate surface area is 173 Å². The summed E-state index contributed by atoms with van der Waals surface area (Å²) >= 11 is 9.22. The van der Waals surface area contributed by atoms with E-state index in [1.54, 1.807) is 0 Å². The van der Waals surface area contributed by atoms with Gasteiger partial charge in [0.25, 0.3) is 0 Å². The van der Waals surface area contributed by atoms with Crippen molar-refractivity contribution in [3.63, 3.8) is 0 Å². The summed E-state index contributed by atoms with van der Waals surface area (Å²) in [5, 5.41) is 12.7. The molecule has 0 aliphatic heterocycles. The number of fused-ring (bicyclic) bond motifs is 9. The largest absolute Gasteiger partial charge is 0.142 e. The highest BCUT2D eigenvalue weighted by atomic mass is 32.1. The fraction of sp³-hybridized carbons (Fsp3) is 0. The predicted molar refractivity (Wildman–Crippen MR) is 128 cm³/mol. The third-order valence-corrected chi connectivity index (χ3v) is 6.70. The topological polar surface area (TPSA) is 0 Å². The number of hydrogen-bond acceptors (Lipinski definition) is 2. The summed E-state index contributed by atoms with van der Waals surface area (Å²) in [7, 11) is 0. The quantitative estimate of drug-likeness (QED) is 0.190. The van der Waals surface area contributed by atoms with Crippen LogP contribution < -0.4 is 0 Å². The summed E-state index contributed by atoms with van der Waals surface area (Å²) in [5.41, 5.74) is 0. The van der Waals surface area contributed by atoms with Gasteiger partial charge in [-0.15, -0.1) is 25.3 Å². The first-order valence-electron chi connectivity index (χ1n) is 9.32. The van der Waals surface area contributed by atoms with Crippen LogP contribution in [0.25, 0.3) is 53.9 Å². The number of rotatable bonds is 0. The lowest BCUT2D eigenvalue weighted by Crippen LogP contribution is -1.86. The van der Waals surface area contributed by atoms with E-state index in [1.807, 2.05) is 0 Å². The van der Waals surface area contributed by atoms with Crippen LogP contribution in [0.1, 0.15) is 0 Å². The predicted octanol–water partition coefficient (Wildman–Crippen LogP) is 8.03. The molecule has 132 valence electrons. The van der Waals surface area contributed by atoms with Crippen molar-refractivity contribution in [1.29, 1.82) is 0 Å². The monoisotopic (exact) mass is 392 g/mol. The van der Waals surface area contributed by atoms with Gasteiger partial charge < -0.3 is 0 Å². The minimum Gasteiger partial charge on any atom is -0.142 e. The van der Waals surface area contributed by atoms with E-state index >= 15 is 0 Å². The molecule has 0 nitrogen and oxygen atoms in total. The molecule has 0 fully saturated rings. The van der Waals surface area contributed by atoms with Crippen LogP contribution in [0, 0.1) is 0 Å². The third kappa shape index (κ3) is 2.22. The van der Waals surface area contributed by atoms with Crippen molar-refractivity contribution in [1.82, 2.24) is 0 Å². The van der Waals surface area contributed by atoms with Crippen LogP contribution in [0.2, 0.25) is 0 Å². The molecule has 0 radical (unpaired) electrons. The molecule has 0 atom stereocenters. The maximum atomic E-state index is 4.65. The van der Waals surface area contributed by atoms with E-state index < -0.39 is 0 Å². The Bertz CT molecular complexity index is 1570. The van der Waals surface area contributed by atoms with Crippen LogP contribution in [0.4, 0.5) is 0 Å². The van der Waals surface area contributed by atoms with Gasteiger partial charge in [0.05, 0.1) is 0 Å². The molecule has 2 heteroatoms. The molecule has 0 unspecified atom stereocenters. The summed E-state index contributed by atoms with van der Waals surface area (Å²) < 4.78 is 0. The van der Waals surface area contributed by atoms with Crippen molar-refractivity contribution in [2.45, 2.75) is 9.79 Å². The standard InChI is InChI=1S/C26H16S2/c27-22-13-19-12-11-17-8-10-18-9-7-16-6-5-15-3-1-2-4-20(15)24(16)26(18)25(17)21(19)14-23(22)28/h1-14,27-28H. The SMILES string of the molecule is Sc1cc2ccc3ccc4ccc5ccc6ccccc6c5c4c3c2cc1S. The zero-order chi connectivity index (χ0) is 18.8. The zero-order valence-electron chi connectivity index (χ0n) is 15.0. The van der Waals surface area contributed by atoms with Gasteiger partial charge in [-0.25, -0.2) is 0 Å². The van der Waals surface area contributed by atoms with Gasteiger partial charge in [-0.2, -0.15) is 0 Å². The lowest BCUT2D eigenvalue weighted by atomic mass is 9.91. The van der Waals surface area contributed by atoms with Crippen molar-refractivity contribution in [2.75, 3.05) is 0 Å². The Balaban J connectivity index is 2.00. The first-order chi connectivity index (χ1) is 13.7. The summed E-state index contributed by atoms with van der Waals surface area (Å²) in [6.07, 6.45) is 0. The molecule has 0 saturated heterocycles. The Morgan fingerprint density at radius 3 is 1.61 bits per heavy atom. The molecule has 0 amide bonds. The average molecular weight is 393 g/mol. The van der Waals surface area contributed by atoms with Gasteiger partial charge in [-0.1, -0.05) is 72.8 Å². The van der Waals surface area contributed by atoms with Crippen molar-refractivity contribution >= 4 is 79.1 Å². The van der Waals surface area contributed by atoms with E-state index in [0.717, 1.165) is 9.79 Å². The third-order valence-electron chi connectivity index (χ3n) is 5.78. The van der Waals surface area contributed by atoms with Crippen LogP contribution >= 0.6 is 25.3 Å². The number of thiol groups is 2. The summed E-state index contributed by atoms with van der Waals surface area (Å²) in [4.78, 5) is 1.82. The number of benzene rings is 6. The van der Waals surface area contributed by atoms with Gasteiger partial charge in [0.2, 0.25) is 0 Å². The fourth-order valence-electron chi connectivity index (χ4n) is 4.48. The molecule has 0 aromatic heterocycles. The summed E-state index contributed by atoms with van der Waals surface area (Å²) in [5.74, 6) is 0. The van der Waals surface area contributed by atoms with E-state index in [-0.39, 0.29) is 0 Å². The number of hydrogen-bond donors (Lipinski definition) is 2. The molecule has 6 rings (SSSR count). The Hall–Kier alpha value is -2.68. The fourth-order valence-corrected chi connectivity index (χ4v) is 4.88. The second kappa shape index (κ2) is 5.91. The molecule has 0 saturated carbocycles. The maximum absolute atomic E-state index is 4.65. The zero-order valence-corrected chi connectivity index (χ0v) is 16.8. The smallest absolute Gasteiger partial charge is 0.0180 e. The van der Waals surface area contributed by atoms with Gasteiger partial charge in [-0.3, -0.25) is 0 Å². The van der Waals surface area contributed by atoms with Crippen LogP contribution in [0.15, 0.2) is 94.7 Å². The Kier molecular flexibility index (Phi) is 3.44. The van der Waals surface area contributed by atoms with Crippen molar-refractivity contribution in [3.05, 3.63) is 84.9 Å². The molecule has 0 heterocycles. The average Bonchev–Trinajstić information content (AvgIpc) is 2.73. The minimum atomic E-state index is 0.908. The van der Waals surface area contributed by atoms with E-state index in [2.05, 4.69) is 110 Å². The highest BCUT2D eigenvalue weighted by Gasteiger charge is 2.12. The van der Waals surface area contributed by atoms with Crippen molar-refractivity contribution in [3.8, 4) is 0 Å². The highest BCUT2D eigenvalue weighted by Crippen LogP contribution is 2.40. The maximum Gasteiger partial charge on any atom is 0.0180 e. The van der Waals surface area contributed by atoms with Gasteiger partial charge in [0.15, 0.2) is 0 Å². The second-order valence-electron chi connectivity index (χ2n) is 7.34. The molecule has 0 bridgehead atoms. The molecule has 6 aromatic rings. The molecule has 28 heavy (non-hydrogen) atoms. The Morgan fingerprint density at radius 1 is 0.393 bits per heavy atom. The van der Waals surface area contributed by atoms with Gasteiger partial charge in [-0.05, 0) is 66.0 Å². The molecular formula is C26H16S2. The first kappa shape index (κ1) is 16.3. The molecular weight excluding hydrogens is 376 g/mol. The lowest BCUT2D eigenvalue weighted by Gasteiger charge is -2.13. The first-order valence-corrected chi connectivity index (χ1v) is 10.2. The second-order valence-corrected chi connectivity index (χ2v) is 8.30. The van der Waals surface area contributed by atoms with E-state index in [4.69, 9.17) is 0 Å². The Morgan fingerprint density at radius 2 is 0.893 bits per heavy atom. The van der Waals surface area contributed by atoms with E-state index in [0.29, 0.717) is 0 Å². The van der Waals surface area contributed by atoms with Gasteiger partial charge in [0, 0.05) is 9.79 Å².